The van der Waals surface area contributed by atoms with Gasteiger partial charge in [-0.1, -0.05) is 6.07 Å². The van der Waals surface area contributed by atoms with E-state index < -0.39 is 6.04 Å². The number of aryl methyl sites for hydroxylation is 1. The first-order chi connectivity index (χ1) is 11.0. The Hall–Kier alpha value is -2.63. The third kappa shape index (κ3) is 3.26. The Morgan fingerprint density at radius 2 is 2.17 bits per heavy atom. The van der Waals surface area contributed by atoms with Crippen molar-refractivity contribution in [2.45, 2.75) is 31.8 Å². The van der Waals surface area contributed by atoms with Crippen LogP contribution in [0.2, 0.25) is 0 Å². The molecule has 2 aromatic rings. The summed E-state index contributed by atoms with van der Waals surface area (Å²) in [4.78, 5) is 24.2. The lowest BCUT2D eigenvalue weighted by Crippen LogP contribution is -2.45. The van der Waals surface area contributed by atoms with Gasteiger partial charge in [-0.25, -0.2) is 4.39 Å². The van der Waals surface area contributed by atoms with Crippen LogP contribution in [0.4, 0.5) is 4.39 Å². The van der Waals surface area contributed by atoms with Gasteiger partial charge in [0, 0.05) is 0 Å². The third-order valence-corrected chi connectivity index (χ3v) is 4.03. The molecular formula is C17H17FN2O3. The summed E-state index contributed by atoms with van der Waals surface area (Å²) in [6, 6.07) is 5.24. The molecule has 1 aromatic carbocycles. The maximum absolute atomic E-state index is 13.4. The number of carbonyl (C=O) groups excluding carboxylic acids is 2. The molecule has 0 aliphatic heterocycles. The molecule has 3 rings (SSSR count). The van der Waals surface area contributed by atoms with Crippen molar-refractivity contribution in [1.82, 2.24) is 10.6 Å². The molecule has 0 spiro atoms. The van der Waals surface area contributed by atoms with Crippen molar-refractivity contribution in [3.63, 3.8) is 0 Å². The van der Waals surface area contributed by atoms with E-state index in [1.165, 1.54) is 30.7 Å². The molecular weight excluding hydrogens is 299 g/mol. The molecule has 0 radical (unpaired) electrons. The Labute approximate surface area is 132 Å². The van der Waals surface area contributed by atoms with Crippen LogP contribution in [0.1, 0.15) is 40.9 Å². The molecule has 0 unspecified atom stereocenters. The number of rotatable bonds is 4. The number of nitrogens with one attached hydrogen (secondary N) is 2. The molecule has 0 saturated heterocycles. The number of hydrogen-bond donors (Lipinski definition) is 2. The Bertz CT molecular complexity index is 727. The number of fused-ring (bicyclic) bond motifs is 1. The van der Waals surface area contributed by atoms with Gasteiger partial charge < -0.3 is 15.1 Å². The molecule has 0 bridgehead atoms. The first kappa shape index (κ1) is 15.3. The van der Waals surface area contributed by atoms with Crippen molar-refractivity contribution < 1.29 is 18.4 Å². The van der Waals surface area contributed by atoms with Gasteiger partial charge in [0.15, 0.2) is 0 Å². The van der Waals surface area contributed by atoms with E-state index in [9.17, 15) is 14.0 Å². The van der Waals surface area contributed by atoms with Gasteiger partial charge in [0.1, 0.15) is 18.1 Å². The number of hydrogen-bond acceptors (Lipinski definition) is 3. The summed E-state index contributed by atoms with van der Waals surface area (Å²) >= 11 is 0. The van der Waals surface area contributed by atoms with E-state index in [2.05, 4.69) is 10.6 Å². The predicted octanol–water partition coefficient (Wildman–Crippen LogP) is 2.34. The fourth-order valence-electron chi connectivity index (χ4n) is 2.76. The fraction of sp³-hybridized carbons (Fsp3) is 0.294. The molecule has 0 saturated carbocycles. The zero-order valence-corrected chi connectivity index (χ0v) is 12.6. The van der Waals surface area contributed by atoms with E-state index in [4.69, 9.17) is 4.42 Å². The Kier molecular flexibility index (Phi) is 4.14. The van der Waals surface area contributed by atoms with Gasteiger partial charge in [-0.05, 0) is 49.1 Å². The van der Waals surface area contributed by atoms with Crippen LogP contribution < -0.4 is 10.6 Å². The zero-order valence-electron chi connectivity index (χ0n) is 12.6. The third-order valence-electron chi connectivity index (χ3n) is 4.03. The van der Waals surface area contributed by atoms with E-state index in [0.29, 0.717) is 5.56 Å². The quantitative estimate of drug-likeness (QED) is 0.909. The van der Waals surface area contributed by atoms with E-state index in [-0.39, 0.29) is 23.7 Å². The highest BCUT2D eigenvalue weighted by Crippen LogP contribution is 2.31. The average molecular weight is 316 g/mol. The molecule has 1 heterocycles. The van der Waals surface area contributed by atoms with Gasteiger partial charge in [-0.15, -0.1) is 0 Å². The largest absolute Gasteiger partial charge is 0.472 e. The average Bonchev–Trinajstić information content (AvgIpc) is 3.17. The summed E-state index contributed by atoms with van der Waals surface area (Å²) in [6.45, 7) is 1.61. The first-order valence-corrected chi connectivity index (χ1v) is 7.46. The highest BCUT2D eigenvalue weighted by Gasteiger charge is 2.26. The Morgan fingerprint density at radius 3 is 2.91 bits per heavy atom. The van der Waals surface area contributed by atoms with Gasteiger partial charge in [-0.3, -0.25) is 9.59 Å². The van der Waals surface area contributed by atoms with Crippen LogP contribution in [-0.2, 0) is 11.2 Å². The van der Waals surface area contributed by atoms with E-state index in [1.807, 2.05) is 0 Å². The standard InChI is InChI=1S/C17H17FN2O3/c1-10(19-17(22)12-6-7-23-9-12)16(21)20-15-5-3-11-2-4-13(18)8-14(11)15/h2,4,6-10,15H,3,5H2,1H3,(H,19,22)(H,20,21)/t10-,15-/m1/s1. The van der Waals surface area contributed by atoms with Crippen LogP contribution in [0.15, 0.2) is 41.2 Å². The fourth-order valence-corrected chi connectivity index (χ4v) is 2.76. The molecule has 0 fully saturated rings. The van der Waals surface area contributed by atoms with Crippen molar-refractivity contribution in [2.75, 3.05) is 0 Å². The minimum atomic E-state index is -0.699. The summed E-state index contributed by atoms with van der Waals surface area (Å²) in [7, 11) is 0. The Balaban J connectivity index is 1.62. The normalized spacial score (nSPS) is 17.4. The molecule has 1 aliphatic carbocycles. The van der Waals surface area contributed by atoms with Crippen LogP contribution in [0.25, 0.3) is 0 Å². The van der Waals surface area contributed by atoms with Crippen LogP contribution in [0.3, 0.4) is 0 Å². The zero-order chi connectivity index (χ0) is 16.4. The monoisotopic (exact) mass is 316 g/mol. The first-order valence-electron chi connectivity index (χ1n) is 7.46. The predicted molar refractivity (Wildman–Crippen MR) is 81.2 cm³/mol. The summed E-state index contributed by atoms with van der Waals surface area (Å²) in [5.41, 5.74) is 2.22. The lowest BCUT2D eigenvalue weighted by molar-refractivity contribution is -0.123. The molecule has 120 valence electrons. The Morgan fingerprint density at radius 1 is 1.35 bits per heavy atom. The second kappa shape index (κ2) is 6.24. The highest BCUT2D eigenvalue weighted by atomic mass is 19.1. The highest BCUT2D eigenvalue weighted by molar-refractivity contribution is 5.97. The maximum atomic E-state index is 13.4. The van der Waals surface area contributed by atoms with Gasteiger partial charge in [0.25, 0.3) is 5.91 Å². The van der Waals surface area contributed by atoms with Crippen LogP contribution in [0.5, 0.6) is 0 Å². The molecule has 1 aromatic heterocycles. The molecule has 2 N–H and O–H groups in total. The van der Waals surface area contributed by atoms with Crippen LogP contribution in [0, 0.1) is 5.82 Å². The summed E-state index contributed by atoms with van der Waals surface area (Å²) in [5.74, 6) is -0.991. The molecule has 6 heteroatoms. The molecule has 1 aliphatic rings. The van der Waals surface area contributed by atoms with Gasteiger partial charge in [0.2, 0.25) is 5.91 Å². The van der Waals surface area contributed by atoms with Crippen molar-refractivity contribution in [3.05, 3.63) is 59.3 Å². The maximum Gasteiger partial charge on any atom is 0.255 e. The van der Waals surface area contributed by atoms with E-state index in [1.54, 1.807) is 13.0 Å². The number of amides is 2. The number of benzene rings is 1. The number of halogens is 1. The van der Waals surface area contributed by atoms with Crippen LogP contribution >= 0.6 is 0 Å². The minimum Gasteiger partial charge on any atom is -0.472 e. The minimum absolute atomic E-state index is 0.221. The van der Waals surface area contributed by atoms with E-state index >= 15 is 0 Å². The number of carbonyl (C=O) groups is 2. The van der Waals surface area contributed by atoms with Crippen molar-refractivity contribution in [3.8, 4) is 0 Å². The van der Waals surface area contributed by atoms with Crippen molar-refractivity contribution in [2.24, 2.45) is 0 Å². The van der Waals surface area contributed by atoms with Crippen molar-refractivity contribution >= 4 is 11.8 Å². The van der Waals surface area contributed by atoms with Gasteiger partial charge >= 0.3 is 0 Å². The SMILES string of the molecule is C[C@@H](NC(=O)c1ccoc1)C(=O)N[C@@H]1CCc2ccc(F)cc21. The smallest absolute Gasteiger partial charge is 0.255 e. The lowest BCUT2D eigenvalue weighted by atomic mass is 10.1. The molecule has 23 heavy (non-hydrogen) atoms. The molecule has 2 atom stereocenters. The van der Waals surface area contributed by atoms with E-state index in [0.717, 1.165) is 24.0 Å². The van der Waals surface area contributed by atoms with Gasteiger partial charge in [0.05, 0.1) is 17.9 Å². The topological polar surface area (TPSA) is 71.3 Å². The van der Waals surface area contributed by atoms with Crippen LogP contribution in [-0.4, -0.2) is 17.9 Å². The summed E-state index contributed by atoms with van der Waals surface area (Å²) < 4.78 is 18.2. The van der Waals surface area contributed by atoms with Gasteiger partial charge in [-0.2, -0.15) is 0 Å². The second-order valence-corrected chi connectivity index (χ2v) is 5.65. The second-order valence-electron chi connectivity index (χ2n) is 5.65. The molecule has 5 nitrogen and oxygen atoms in total. The molecule has 2 amide bonds. The lowest BCUT2D eigenvalue weighted by Gasteiger charge is -2.18. The summed E-state index contributed by atoms with van der Waals surface area (Å²) in [5, 5.41) is 5.48. The van der Waals surface area contributed by atoms with Crippen molar-refractivity contribution in [1.29, 1.82) is 0 Å². The number of furan rings is 1. The summed E-state index contributed by atoms with van der Waals surface area (Å²) in [6.07, 6.45) is 4.24.